The molecule has 0 radical (unpaired) electrons. The van der Waals surface area contributed by atoms with Crippen molar-refractivity contribution in [3.05, 3.63) is 66.5 Å². The van der Waals surface area contributed by atoms with Gasteiger partial charge >= 0.3 is 0 Å². The van der Waals surface area contributed by atoms with Crippen LogP contribution in [0.3, 0.4) is 0 Å². The van der Waals surface area contributed by atoms with Crippen LogP contribution in [0.4, 0.5) is 10.5 Å². The van der Waals surface area contributed by atoms with Crippen LogP contribution >= 0.6 is 11.8 Å². The highest BCUT2D eigenvalue weighted by Crippen LogP contribution is 2.35. The molecular weight excluding hydrogens is 366 g/mol. The minimum absolute atomic E-state index is 0.126. The number of nitrogens with one attached hydrogen (secondary N) is 1. The van der Waals surface area contributed by atoms with Crippen molar-refractivity contribution in [3.63, 3.8) is 0 Å². The summed E-state index contributed by atoms with van der Waals surface area (Å²) in [4.78, 5) is 17.6. The lowest BCUT2D eigenvalue weighted by molar-refractivity contribution is 0.269. The van der Waals surface area contributed by atoms with Crippen molar-refractivity contribution in [1.29, 1.82) is 0 Å². The number of aromatic nitrogens is 2. The van der Waals surface area contributed by atoms with Crippen molar-refractivity contribution < 1.29 is 4.79 Å². The van der Waals surface area contributed by atoms with Gasteiger partial charge in [-0.1, -0.05) is 75.7 Å². The Labute approximate surface area is 171 Å². The van der Waals surface area contributed by atoms with Gasteiger partial charge in [-0.2, -0.15) is 0 Å². The van der Waals surface area contributed by atoms with Crippen LogP contribution in [-0.2, 0) is 6.54 Å². The molecule has 0 bridgehead atoms. The van der Waals surface area contributed by atoms with Crippen LogP contribution in [0.1, 0.15) is 45.4 Å². The van der Waals surface area contributed by atoms with Crippen LogP contribution in [0.15, 0.2) is 65.7 Å². The van der Waals surface area contributed by atoms with Crippen molar-refractivity contribution in [2.45, 2.75) is 51.1 Å². The fourth-order valence-electron chi connectivity index (χ4n) is 3.13. The van der Waals surface area contributed by atoms with E-state index in [0.717, 1.165) is 58.9 Å². The molecule has 3 rings (SSSR count). The van der Waals surface area contributed by atoms with Crippen LogP contribution in [-0.4, -0.2) is 14.8 Å². The fourth-order valence-corrected chi connectivity index (χ4v) is 3.94. The maximum atomic E-state index is 12.7. The van der Waals surface area contributed by atoms with Crippen molar-refractivity contribution in [2.24, 2.45) is 0 Å². The number of benzene rings is 2. The molecule has 0 fully saturated rings. The molecule has 0 atom stereocenters. The number of imidazole rings is 1. The Morgan fingerprint density at radius 3 is 2.32 bits per heavy atom. The van der Waals surface area contributed by atoms with Crippen LogP contribution in [0, 0.1) is 0 Å². The molecule has 0 saturated heterocycles. The normalized spacial score (nSPS) is 11.0. The zero-order valence-electron chi connectivity index (χ0n) is 16.7. The predicted octanol–water partition coefficient (Wildman–Crippen LogP) is 6.80. The van der Waals surface area contributed by atoms with Crippen LogP contribution in [0.2, 0.25) is 0 Å². The second-order valence-electron chi connectivity index (χ2n) is 7.03. The first kappa shape index (κ1) is 20.2. The van der Waals surface area contributed by atoms with Gasteiger partial charge in [0.2, 0.25) is 0 Å². The maximum absolute atomic E-state index is 12.7. The van der Waals surface area contributed by atoms with Gasteiger partial charge in [0, 0.05) is 23.7 Å². The largest absolute Gasteiger partial charge is 0.327 e. The van der Waals surface area contributed by atoms with E-state index in [1.165, 1.54) is 0 Å². The molecule has 0 unspecified atom stereocenters. The SMILES string of the molecule is CCCCn1c(C(C)C)nc(SC(=O)Nc2ccccc2)c1-c1ccccc1. The predicted molar refractivity (Wildman–Crippen MR) is 118 cm³/mol. The summed E-state index contributed by atoms with van der Waals surface area (Å²) in [5.74, 6) is 1.31. The highest BCUT2D eigenvalue weighted by molar-refractivity contribution is 8.14. The van der Waals surface area contributed by atoms with Crippen LogP contribution < -0.4 is 5.32 Å². The first-order valence-corrected chi connectivity index (χ1v) is 10.6. The average molecular weight is 394 g/mol. The molecule has 0 aliphatic rings. The minimum Gasteiger partial charge on any atom is -0.327 e. The number of hydrogen-bond donors (Lipinski definition) is 1. The highest BCUT2D eigenvalue weighted by Gasteiger charge is 2.22. The van der Waals surface area contributed by atoms with Gasteiger partial charge in [-0.05, 0) is 30.3 Å². The fraction of sp³-hybridized carbons (Fsp3) is 0.304. The quantitative estimate of drug-likeness (QED) is 0.449. The third kappa shape index (κ3) is 4.84. The number of carbonyl (C=O) groups is 1. The molecule has 1 amide bonds. The number of para-hydroxylation sites is 1. The number of thioether (sulfide) groups is 1. The Kier molecular flexibility index (Phi) is 6.93. The molecule has 0 aliphatic carbocycles. The smallest absolute Gasteiger partial charge is 0.289 e. The van der Waals surface area contributed by atoms with Crippen molar-refractivity contribution >= 4 is 22.7 Å². The van der Waals surface area contributed by atoms with Gasteiger partial charge in [-0.3, -0.25) is 4.79 Å². The van der Waals surface area contributed by atoms with E-state index < -0.39 is 0 Å². The van der Waals surface area contributed by atoms with Gasteiger partial charge in [0.15, 0.2) is 0 Å². The summed E-state index contributed by atoms with van der Waals surface area (Å²) < 4.78 is 2.29. The van der Waals surface area contributed by atoms with Crippen LogP contribution in [0.25, 0.3) is 11.3 Å². The molecule has 5 heteroatoms. The Balaban J connectivity index is 1.98. The number of nitrogens with zero attached hydrogens (tertiary/aromatic N) is 2. The molecule has 2 aromatic carbocycles. The van der Waals surface area contributed by atoms with E-state index in [1.54, 1.807) is 0 Å². The first-order valence-electron chi connectivity index (χ1n) is 9.79. The summed E-state index contributed by atoms with van der Waals surface area (Å²) in [6, 6.07) is 19.8. The molecule has 1 N–H and O–H groups in total. The zero-order valence-corrected chi connectivity index (χ0v) is 17.5. The summed E-state index contributed by atoms with van der Waals surface area (Å²) in [5.41, 5.74) is 2.91. The molecule has 3 aromatic rings. The van der Waals surface area contributed by atoms with Crippen LogP contribution in [0.5, 0.6) is 0 Å². The molecule has 0 spiro atoms. The van der Waals surface area contributed by atoms with Gasteiger partial charge in [0.05, 0.1) is 5.69 Å². The second kappa shape index (κ2) is 9.60. The van der Waals surface area contributed by atoms with E-state index in [-0.39, 0.29) is 11.2 Å². The lowest BCUT2D eigenvalue weighted by Crippen LogP contribution is -2.07. The summed E-state index contributed by atoms with van der Waals surface area (Å²) in [5, 5.41) is 3.58. The third-order valence-corrected chi connectivity index (χ3v) is 5.24. The number of carbonyl (C=O) groups excluding carboxylic acids is 1. The minimum atomic E-state index is -0.126. The van der Waals surface area contributed by atoms with E-state index in [4.69, 9.17) is 4.98 Å². The summed E-state index contributed by atoms with van der Waals surface area (Å²) in [7, 11) is 0. The van der Waals surface area contributed by atoms with Crippen molar-refractivity contribution in [3.8, 4) is 11.3 Å². The molecule has 1 heterocycles. The monoisotopic (exact) mass is 393 g/mol. The number of hydrogen-bond acceptors (Lipinski definition) is 3. The molecule has 28 heavy (non-hydrogen) atoms. The lowest BCUT2D eigenvalue weighted by atomic mass is 10.1. The maximum Gasteiger partial charge on any atom is 0.289 e. The molecule has 0 saturated carbocycles. The van der Waals surface area contributed by atoms with Gasteiger partial charge in [-0.15, -0.1) is 0 Å². The molecule has 1 aromatic heterocycles. The highest BCUT2D eigenvalue weighted by atomic mass is 32.2. The van der Waals surface area contributed by atoms with Gasteiger partial charge in [0.1, 0.15) is 10.9 Å². The zero-order chi connectivity index (χ0) is 19.9. The summed E-state index contributed by atoms with van der Waals surface area (Å²) in [6.07, 6.45) is 2.19. The molecule has 0 aliphatic heterocycles. The molecule has 4 nitrogen and oxygen atoms in total. The van der Waals surface area contributed by atoms with Gasteiger partial charge in [0.25, 0.3) is 5.24 Å². The number of unbranched alkanes of at least 4 members (excludes halogenated alkanes) is 1. The summed E-state index contributed by atoms with van der Waals surface area (Å²) >= 11 is 1.16. The van der Waals surface area contributed by atoms with Gasteiger partial charge < -0.3 is 9.88 Å². The Morgan fingerprint density at radius 2 is 1.71 bits per heavy atom. The van der Waals surface area contributed by atoms with E-state index in [9.17, 15) is 4.79 Å². The Bertz CT molecular complexity index is 904. The average Bonchev–Trinajstić information content (AvgIpc) is 3.06. The number of rotatable bonds is 7. The van der Waals surface area contributed by atoms with E-state index in [0.29, 0.717) is 0 Å². The Morgan fingerprint density at radius 1 is 1.07 bits per heavy atom. The second-order valence-corrected chi connectivity index (χ2v) is 7.99. The molecule has 146 valence electrons. The number of anilines is 1. The third-order valence-electron chi connectivity index (χ3n) is 4.47. The number of amides is 1. The molecular formula is C23H27N3OS. The van der Waals surface area contributed by atoms with E-state index >= 15 is 0 Å². The van der Waals surface area contributed by atoms with Gasteiger partial charge in [-0.25, -0.2) is 4.98 Å². The van der Waals surface area contributed by atoms with Crippen molar-refractivity contribution in [2.75, 3.05) is 5.32 Å². The lowest BCUT2D eigenvalue weighted by Gasteiger charge is -2.14. The van der Waals surface area contributed by atoms with E-state index in [1.807, 2.05) is 48.5 Å². The standard InChI is InChI=1S/C23H27N3OS/c1-4-5-16-26-20(18-12-8-6-9-13-18)22(25-21(26)17(2)3)28-23(27)24-19-14-10-7-11-15-19/h6-15,17H,4-5,16H2,1-3H3,(H,24,27). The topological polar surface area (TPSA) is 46.9 Å². The summed E-state index contributed by atoms with van der Waals surface area (Å²) in [6.45, 7) is 7.40. The first-order chi connectivity index (χ1) is 13.6. The Hall–Kier alpha value is -2.53. The van der Waals surface area contributed by atoms with Crippen molar-refractivity contribution in [1.82, 2.24) is 9.55 Å². The van der Waals surface area contributed by atoms with E-state index in [2.05, 4.69) is 42.8 Å².